The smallest absolute Gasteiger partial charge is 0.0664 e. The van der Waals surface area contributed by atoms with E-state index in [-0.39, 0.29) is 12.1 Å². The van der Waals surface area contributed by atoms with E-state index in [1.54, 1.807) is 0 Å². The molecule has 0 spiro atoms. The van der Waals surface area contributed by atoms with Crippen LogP contribution in [0.3, 0.4) is 0 Å². The Labute approximate surface area is 99.0 Å². The molecule has 1 aromatic carbocycles. The van der Waals surface area contributed by atoms with E-state index in [1.165, 1.54) is 16.7 Å². The fourth-order valence-corrected chi connectivity index (χ4v) is 1.62. The molecule has 0 aliphatic rings. The Bertz CT molecular complexity index is 334. The summed E-state index contributed by atoms with van der Waals surface area (Å²) < 4.78 is 5.66. The van der Waals surface area contributed by atoms with Crippen molar-refractivity contribution in [1.82, 2.24) is 5.32 Å². The van der Waals surface area contributed by atoms with Crippen molar-refractivity contribution >= 4 is 0 Å². The first-order valence-electron chi connectivity index (χ1n) is 5.90. The SMILES string of the molecule is CNC(COC(C)C)c1ccc(C)c(C)c1. The van der Waals surface area contributed by atoms with Crippen molar-refractivity contribution in [2.75, 3.05) is 13.7 Å². The Balaban J connectivity index is 2.74. The molecule has 1 N–H and O–H groups in total. The summed E-state index contributed by atoms with van der Waals surface area (Å²) >= 11 is 0. The van der Waals surface area contributed by atoms with Gasteiger partial charge in [0, 0.05) is 0 Å². The summed E-state index contributed by atoms with van der Waals surface area (Å²) in [6.07, 6.45) is 0.280. The van der Waals surface area contributed by atoms with E-state index in [9.17, 15) is 0 Å². The first-order valence-corrected chi connectivity index (χ1v) is 5.90. The largest absolute Gasteiger partial charge is 0.377 e. The van der Waals surface area contributed by atoms with Gasteiger partial charge in [-0.25, -0.2) is 0 Å². The van der Waals surface area contributed by atoms with E-state index >= 15 is 0 Å². The van der Waals surface area contributed by atoms with Crippen LogP contribution in [0.2, 0.25) is 0 Å². The Morgan fingerprint density at radius 1 is 1.19 bits per heavy atom. The number of ether oxygens (including phenoxy) is 1. The average Bonchev–Trinajstić information content (AvgIpc) is 2.23. The van der Waals surface area contributed by atoms with Gasteiger partial charge in [0.1, 0.15) is 0 Å². The number of hydrogen-bond donors (Lipinski definition) is 1. The highest BCUT2D eigenvalue weighted by molar-refractivity contribution is 5.31. The molecule has 16 heavy (non-hydrogen) atoms. The van der Waals surface area contributed by atoms with Gasteiger partial charge in [0.15, 0.2) is 0 Å². The molecule has 0 saturated carbocycles. The lowest BCUT2D eigenvalue weighted by molar-refractivity contribution is 0.0626. The maximum Gasteiger partial charge on any atom is 0.0664 e. The Morgan fingerprint density at radius 3 is 2.38 bits per heavy atom. The van der Waals surface area contributed by atoms with Crippen LogP contribution in [-0.2, 0) is 4.74 Å². The molecule has 0 amide bonds. The van der Waals surface area contributed by atoms with Crippen molar-refractivity contribution in [2.24, 2.45) is 0 Å². The minimum absolute atomic E-state index is 0.279. The van der Waals surface area contributed by atoms with E-state index in [0.29, 0.717) is 0 Å². The minimum atomic E-state index is 0.279. The van der Waals surface area contributed by atoms with Gasteiger partial charge in [0.2, 0.25) is 0 Å². The van der Waals surface area contributed by atoms with Crippen molar-refractivity contribution in [3.63, 3.8) is 0 Å². The predicted octanol–water partition coefficient (Wildman–Crippen LogP) is 2.99. The van der Waals surface area contributed by atoms with Gasteiger partial charge in [0.05, 0.1) is 18.8 Å². The minimum Gasteiger partial charge on any atom is -0.377 e. The highest BCUT2D eigenvalue weighted by Crippen LogP contribution is 2.17. The Morgan fingerprint density at radius 2 is 1.88 bits per heavy atom. The first kappa shape index (κ1) is 13.2. The molecular formula is C14H23NO. The zero-order valence-corrected chi connectivity index (χ0v) is 11.0. The fraction of sp³-hybridized carbons (Fsp3) is 0.571. The first-order chi connectivity index (χ1) is 7.54. The fourth-order valence-electron chi connectivity index (χ4n) is 1.62. The predicted molar refractivity (Wildman–Crippen MR) is 68.8 cm³/mol. The topological polar surface area (TPSA) is 21.3 Å². The maximum absolute atomic E-state index is 5.66. The van der Waals surface area contributed by atoms with E-state index in [1.807, 2.05) is 7.05 Å². The molecule has 1 unspecified atom stereocenters. The summed E-state index contributed by atoms with van der Waals surface area (Å²) in [7, 11) is 1.98. The van der Waals surface area contributed by atoms with Crippen LogP contribution in [0.5, 0.6) is 0 Å². The lowest BCUT2D eigenvalue weighted by Gasteiger charge is -2.19. The van der Waals surface area contributed by atoms with Gasteiger partial charge in [0.25, 0.3) is 0 Å². The summed E-state index contributed by atoms with van der Waals surface area (Å²) in [5, 5.41) is 3.30. The van der Waals surface area contributed by atoms with E-state index in [4.69, 9.17) is 4.74 Å². The number of rotatable bonds is 5. The van der Waals surface area contributed by atoms with Crippen LogP contribution >= 0.6 is 0 Å². The molecule has 1 atom stereocenters. The summed E-state index contributed by atoms with van der Waals surface area (Å²) in [4.78, 5) is 0. The van der Waals surface area contributed by atoms with Gasteiger partial charge >= 0.3 is 0 Å². The Hall–Kier alpha value is -0.860. The molecular weight excluding hydrogens is 198 g/mol. The van der Waals surface area contributed by atoms with Crippen LogP contribution in [0.25, 0.3) is 0 Å². The number of likely N-dealkylation sites (N-methyl/N-ethyl adjacent to an activating group) is 1. The van der Waals surface area contributed by atoms with Gasteiger partial charge < -0.3 is 10.1 Å². The van der Waals surface area contributed by atoms with E-state index in [0.717, 1.165) is 6.61 Å². The highest BCUT2D eigenvalue weighted by Gasteiger charge is 2.10. The van der Waals surface area contributed by atoms with Crippen molar-refractivity contribution in [2.45, 2.75) is 39.8 Å². The number of benzene rings is 1. The third-order valence-electron chi connectivity index (χ3n) is 2.88. The lowest BCUT2D eigenvalue weighted by atomic mass is 10.0. The molecule has 1 rings (SSSR count). The van der Waals surface area contributed by atoms with Crippen LogP contribution < -0.4 is 5.32 Å². The summed E-state index contributed by atoms with van der Waals surface area (Å²) in [6.45, 7) is 9.13. The van der Waals surface area contributed by atoms with Gasteiger partial charge in [-0.2, -0.15) is 0 Å². The molecule has 0 aromatic heterocycles. The van der Waals surface area contributed by atoms with Crippen molar-refractivity contribution in [3.8, 4) is 0 Å². The second-order valence-electron chi connectivity index (χ2n) is 4.57. The molecule has 0 radical (unpaired) electrons. The summed E-state index contributed by atoms with van der Waals surface area (Å²) in [5.74, 6) is 0. The average molecular weight is 221 g/mol. The number of aryl methyl sites for hydroxylation is 2. The second-order valence-corrected chi connectivity index (χ2v) is 4.57. The second kappa shape index (κ2) is 6.02. The summed E-state index contributed by atoms with van der Waals surface area (Å²) in [6, 6.07) is 6.86. The maximum atomic E-state index is 5.66. The normalized spacial score (nSPS) is 13.1. The zero-order valence-electron chi connectivity index (χ0n) is 11.0. The van der Waals surface area contributed by atoms with Crippen molar-refractivity contribution < 1.29 is 4.74 Å². The molecule has 90 valence electrons. The van der Waals surface area contributed by atoms with Gasteiger partial charge in [-0.1, -0.05) is 18.2 Å². The van der Waals surface area contributed by atoms with Crippen molar-refractivity contribution in [1.29, 1.82) is 0 Å². The molecule has 0 fully saturated rings. The molecule has 0 aliphatic carbocycles. The number of hydrogen-bond acceptors (Lipinski definition) is 2. The molecule has 0 bridgehead atoms. The molecule has 2 heteroatoms. The molecule has 0 heterocycles. The van der Waals surface area contributed by atoms with Crippen molar-refractivity contribution in [3.05, 3.63) is 34.9 Å². The van der Waals surface area contributed by atoms with Gasteiger partial charge in [-0.15, -0.1) is 0 Å². The molecule has 2 nitrogen and oxygen atoms in total. The van der Waals surface area contributed by atoms with Gasteiger partial charge in [-0.05, 0) is 51.4 Å². The summed E-state index contributed by atoms with van der Waals surface area (Å²) in [5.41, 5.74) is 3.97. The monoisotopic (exact) mass is 221 g/mol. The molecule has 0 saturated heterocycles. The van der Waals surface area contributed by atoms with Crippen LogP contribution in [0.4, 0.5) is 0 Å². The van der Waals surface area contributed by atoms with Gasteiger partial charge in [-0.3, -0.25) is 0 Å². The van der Waals surface area contributed by atoms with E-state index in [2.05, 4.69) is 51.2 Å². The highest BCUT2D eigenvalue weighted by atomic mass is 16.5. The standard InChI is InChI=1S/C14H23NO/c1-10(2)16-9-14(15-5)13-7-6-11(3)12(4)8-13/h6-8,10,14-15H,9H2,1-5H3. The van der Waals surface area contributed by atoms with Crippen LogP contribution in [0.1, 0.15) is 36.6 Å². The number of nitrogens with one attached hydrogen (secondary N) is 1. The third kappa shape index (κ3) is 3.62. The lowest BCUT2D eigenvalue weighted by Crippen LogP contribution is -2.23. The van der Waals surface area contributed by atoms with Crippen LogP contribution in [0.15, 0.2) is 18.2 Å². The van der Waals surface area contributed by atoms with E-state index < -0.39 is 0 Å². The quantitative estimate of drug-likeness (QED) is 0.825. The Kier molecular flexibility index (Phi) is 4.97. The molecule has 0 aliphatic heterocycles. The van der Waals surface area contributed by atoms with Crippen LogP contribution in [-0.4, -0.2) is 19.8 Å². The zero-order chi connectivity index (χ0) is 12.1. The molecule has 1 aromatic rings. The third-order valence-corrected chi connectivity index (χ3v) is 2.88. The van der Waals surface area contributed by atoms with Crippen LogP contribution in [0, 0.1) is 13.8 Å².